The van der Waals surface area contributed by atoms with Gasteiger partial charge in [0.1, 0.15) is 16.3 Å². The van der Waals surface area contributed by atoms with Crippen molar-refractivity contribution in [2.75, 3.05) is 7.11 Å². The number of hydrogen-bond acceptors (Lipinski definition) is 5. The predicted octanol–water partition coefficient (Wildman–Crippen LogP) is 4.01. The molecule has 0 radical (unpaired) electrons. The lowest BCUT2D eigenvalue weighted by molar-refractivity contribution is 0.150. The van der Waals surface area contributed by atoms with Crippen LogP contribution in [0, 0.1) is 5.82 Å². The second-order valence-electron chi connectivity index (χ2n) is 6.29. The molecule has 0 bridgehead atoms. The Labute approximate surface area is 164 Å². The van der Waals surface area contributed by atoms with E-state index in [2.05, 4.69) is 4.98 Å². The minimum Gasteiger partial charge on any atom is -0.497 e. The molecule has 4 aromatic rings. The van der Waals surface area contributed by atoms with Crippen molar-refractivity contribution < 1.29 is 14.2 Å². The number of aromatic nitrogens is 2. The molecule has 0 aliphatic rings. The quantitative estimate of drug-likeness (QED) is 0.554. The number of aliphatic hydroxyl groups is 1. The van der Waals surface area contributed by atoms with Crippen LogP contribution in [-0.2, 0) is 6.54 Å². The van der Waals surface area contributed by atoms with Gasteiger partial charge in [-0.05, 0) is 42.0 Å². The molecule has 28 heavy (non-hydrogen) atoms. The molecule has 1 atom stereocenters. The number of nitrogens with zero attached hydrogens (tertiary/aromatic N) is 2. The van der Waals surface area contributed by atoms with Crippen molar-refractivity contribution in [2.45, 2.75) is 12.6 Å². The van der Waals surface area contributed by atoms with E-state index in [4.69, 9.17) is 4.74 Å². The van der Waals surface area contributed by atoms with Crippen molar-refractivity contribution in [3.63, 3.8) is 0 Å². The largest absolute Gasteiger partial charge is 0.497 e. The first-order valence-electron chi connectivity index (χ1n) is 8.62. The molecule has 0 amide bonds. The van der Waals surface area contributed by atoms with Crippen LogP contribution in [0.3, 0.4) is 0 Å². The van der Waals surface area contributed by atoms with Crippen molar-refractivity contribution in [2.24, 2.45) is 0 Å². The van der Waals surface area contributed by atoms with Crippen LogP contribution in [0.15, 0.2) is 65.7 Å². The number of ether oxygens (including phenoxy) is 1. The fourth-order valence-electron chi connectivity index (χ4n) is 3.00. The average Bonchev–Trinajstić information content (AvgIpc) is 3.15. The number of fused-ring (bicyclic) bond motifs is 1. The van der Waals surface area contributed by atoms with E-state index in [1.807, 2.05) is 30.3 Å². The van der Waals surface area contributed by atoms with Crippen LogP contribution in [0.4, 0.5) is 4.39 Å². The van der Waals surface area contributed by atoms with E-state index in [1.54, 1.807) is 19.2 Å². The van der Waals surface area contributed by atoms with Gasteiger partial charge >= 0.3 is 0 Å². The standard InChI is InChI=1S/C21H17FN2O3S/c1-27-14-8-6-13(7-9-14)19-10-17-20(28-19)21(26)24(12-23-17)11-18(25)15-4-2-3-5-16(15)22/h2-10,12,18,25H,11H2,1H3/t18-/m1/s1. The Bertz CT molecular complexity index is 1180. The van der Waals surface area contributed by atoms with Crippen LogP contribution in [0.2, 0.25) is 0 Å². The summed E-state index contributed by atoms with van der Waals surface area (Å²) in [5, 5.41) is 10.3. The fraction of sp³-hybridized carbons (Fsp3) is 0.143. The molecule has 7 heteroatoms. The fourth-order valence-corrected chi connectivity index (χ4v) is 4.07. The third kappa shape index (κ3) is 3.42. The van der Waals surface area contributed by atoms with E-state index in [-0.39, 0.29) is 17.7 Å². The summed E-state index contributed by atoms with van der Waals surface area (Å²) in [5.41, 5.74) is 1.45. The first-order chi connectivity index (χ1) is 13.6. The molecule has 2 aromatic heterocycles. The van der Waals surface area contributed by atoms with Gasteiger partial charge in [-0.2, -0.15) is 0 Å². The third-order valence-electron chi connectivity index (χ3n) is 4.51. The molecule has 142 valence electrons. The van der Waals surface area contributed by atoms with Crippen LogP contribution in [0.25, 0.3) is 20.7 Å². The van der Waals surface area contributed by atoms with E-state index in [0.29, 0.717) is 10.2 Å². The molecule has 0 aliphatic carbocycles. The molecule has 0 spiro atoms. The van der Waals surface area contributed by atoms with Gasteiger partial charge in [0.25, 0.3) is 5.56 Å². The number of benzene rings is 2. The molecule has 5 nitrogen and oxygen atoms in total. The number of rotatable bonds is 5. The van der Waals surface area contributed by atoms with E-state index in [1.165, 1.54) is 34.4 Å². The first kappa shape index (κ1) is 18.3. The van der Waals surface area contributed by atoms with E-state index in [9.17, 15) is 14.3 Å². The Kier molecular flexibility index (Phi) is 4.93. The topological polar surface area (TPSA) is 64.3 Å². The second-order valence-corrected chi connectivity index (χ2v) is 7.35. The Morgan fingerprint density at radius 2 is 1.96 bits per heavy atom. The van der Waals surface area contributed by atoms with Gasteiger partial charge in [0.05, 0.1) is 31.6 Å². The zero-order valence-corrected chi connectivity index (χ0v) is 15.8. The summed E-state index contributed by atoms with van der Waals surface area (Å²) in [6.07, 6.45) is 0.248. The predicted molar refractivity (Wildman–Crippen MR) is 107 cm³/mol. The van der Waals surface area contributed by atoms with Gasteiger partial charge in [0.15, 0.2) is 0 Å². The van der Waals surface area contributed by atoms with Gasteiger partial charge in [0, 0.05) is 10.4 Å². The summed E-state index contributed by atoms with van der Waals surface area (Å²) in [5.74, 6) is 0.252. The third-order valence-corrected chi connectivity index (χ3v) is 5.67. The number of thiophene rings is 1. The Hall–Kier alpha value is -3.03. The Balaban J connectivity index is 1.67. The number of aliphatic hydroxyl groups excluding tert-OH is 1. The summed E-state index contributed by atoms with van der Waals surface area (Å²) in [4.78, 5) is 18.1. The molecule has 0 saturated carbocycles. The van der Waals surface area contributed by atoms with E-state index >= 15 is 0 Å². The zero-order valence-electron chi connectivity index (χ0n) is 15.0. The van der Waals surface area contributed by atoms with Gasteiger partial charge in [-0.1, -0.05) is 18.2 Å². The molecule has 0 unspecified atom stereocenters. The normalized spacial score (nSPS) is 12.2. The molecule has 4 rings (SSSR count). The van der Waals surface area contributed by atoms with Crippen molar-refractivity contribution in [3.8, 4) is 16.2 Å². The molecule has 2 heterocycles. The van der Waals surface area contributed by atoms with Gasteiger partial charge in [-0.3, -0.25) is 9.36 Å². The SMILES string of the molecule is COc1ccc(-c2cc3ncn(C[C@@H](O)c4ccccc4F)c(=O)c3s2)cc1. The van der Waals surface area contributed by atoms with Crippen LogP contribution >= 0.6 is 11.3 Å². The monoisotopic (exact) mass is 396 g/mol. The van der Waals surface area contributed by atoms with Crippen molar-refractivity contribution in [1.82, 2.24) is 9.55 Å². The summed E-state index contributed by atoms with van der Waals surface area (Å²) < 4.78 is 20.8. The highest BCUT2D eigenvalue weighted by Gasteiger charge is 2.16. The molecule has 0 fully saturated rings. The lowest BCUT2D eigenvalue weighted by atomic mass is 10.1. The molecule has 2 aromatic carbocycles. The van der Waals surface area contributed by atoms with Gasteiger partial charge in [0.2, 0.25) is 0 Å². The van der Waals surface area contributed by atoms with Crippen molar-refractivity contribution >= 4 is 21.6 Å². The highest BCUT2D eigenvalue weighted by molar-refractivity contribution is 7.22. The maximum Gasteiger partial charge on any atom is 0.271 e. The summed E-state index contributed by atoms with van der Waals surface area (Å²) in [6, 6.07) is 15.4. The van der Waals surface area contributed by atoms with Crippen LogP contribution < -0.4 is 10.3 Å². The minimum atomic E-state index is -1.14. The lowest BCUT2D eigenvalue weighted by Crippen LogP contribution is -2.23. The van der Waals surface area contributed by atoms with Gasteiger partial charge < -0.3 is 9.84 Å². The number of halogens is 1. The zero-order chi connectivity index (χ0) is 19.7. The summed E-state index contributed by atoms with van der Waals surface area (Å²) in [7, 11) is 1.61. The minimum absolute atomic E-state index is 0.0710. The van der Waals surface area contributed by atoms with Gasteiger partial charge in [-0.15, -0.1) is 11.3 Å². The van der Waals surface area contributed by atoms with Crippen molar-refractivity contribution in [1.29, 1.82) is 0 Å². The van der Waals surface area contributed by atoms with Crippen molar-refractivity contribution in [3.05, 3.63) is 82.7 Å². The average molecular weight is 396 g/mol. The Morgan fingerprint density at radius 3 is 2.68 bits per heavy atom. The molecular weight excluding hydrogens is 379 g/mol. The lowest BCUT2D eigenvalue weighted by Gasteiger charge is -2.13. The highest BCUT2D eigenvalue weighted by Crippen LogP contribution is 2.31. The maximum absolute atomic E-state index is 13.9. The molecule has 0 saturated heterocycles. The number of methoxy groups -OCH3 is 1. The Morgan fingerprint density at radius 1 is 1.21 bits per heavy atom. The van der Waals surface area contributed by atoms with Crippen LogP contribution in [0.5, 0.6) is 5.75 Å². The molecular formula is C21H17FN2O3S. The molecule has 0 aliphatic heterocycles. The smallest absolute Gasteiger partial charge is 0.271 e. The van der Waals surface area contributed by atoms with Crippen LogP contribution in [-0.4, -0.2) is 21.8 Å². The molecule has 1 N–H and O–H groups in total. The highest BCUT2D eigenvalue weighted by atomic mass is 32.1. The first-order valence-corrected chi connectivity index (χ1v) is 9.44. The van der Waals surface area contributed by atoms with Crippen LogP contribution in [0.1, 0.15) is 11.7 Å². The summed E-state index contributed by atoms with van der Waals surface area (Å²) >= 11 is 1.34. The number of hydrogen-bond donors (Lipinski definition) is 1. The van der Waals surface area contributed by atoms with E-state index in [0.717, 1.165) is 16.2 Å². The maximum atomic E-state index is 13.9. The van der Waals surface area contributed by atoms with E-state index < -0.39 is 11.9 Å². The second kappa shape index (κ2) is 7.53. The summed E-state index contributed by atoms with van der Waals surface area (Å²) in [6.45, 7) is -0.0710. The van der Waals surface area contributed by atoms with Gasteiger partial charge in [-0.25, -0.2) is 9.37 Å².